The van der Waals surface area contributed by atoms with E-state index < -0.39 is 35.3 Å². The summed E-state index contributed by atoms with van der Waals surface area (Å²) in [5.74, 6) is 1.52. The molecule has 4 amide bonds. The third-order valence-electron chi connectivity index (χ3n) is 12.4. The minimum absolute atomic E-state index is 0.132. The molecule has 2 saturated heterocycles. The number of alkyl carbamates (subject to hydrolysis) is 2. The van der Waals surface area contributed by atoms with E-state index in [1.165, 1.54) is 14.2 Å². The zero-order valence-electron chi connectivity index (χ0n) is 35.9. The molecule has 0 radical (unpaired) electrons. The van der Waals surface area contributed by atoms with Gasteiger partial charge in [-0.2, -0.15) is 0 Å². The molecule has 2 aliphatic rings. The number of imidazole rings is 2. The Hall–Kier alpha value is -6.12. The first-order chi connectivity index (χ1) is 28.6. The maximum Gasteiger partial charge on any atom is 0.407 e. The number of rotatable bonds is 11. The van der Waals surface area contributed by atoms with Crippen molar-refractivity contribution < 1.29 is 33.1 Å². The van der Waals surface area contributed by atoms with Gasteiger partial charge in [-0.15, -0.1) is 0 Å². The highest BCUT2D eigenvalue weighted by atomic mass is 16.5. The van der Waals surface area contributed by atoms with Gasteiger partial charge in [-0.25, -0.2) is 19.6 Å². The summed E-state index contributed by atoms with van der Waals surface area (Å²) in [6.45, 7) is 14.7. The van der Waals surface area contributed by atoms with Gasteiger partial charge in [0, 0.05) is 24.0 Å². The van der Waals surface area contributed by atoms with E-state index in [1.54, 1.807) is 12.4 Å². The molecule has 0 saturated carbocycles. The molecule has 5 aromatic rings. The molecule has 7 rings (SSSR count). The number of furan rings is 1. The topological polar surface area (TPSA) is 188 Å². The van der Waals surface area contributed by atoms with Crippen LogP contribution in [-0.2, 0) is 30.1 Å². The van der Waals surface area contributed by atoms with Gasteiger partial charge in [0.2, 0.25) is 11.8 Å². The molecule has 0 spiro atoms. The second-order valence-corrected chi connectivity index (χ2v) is 17.1. The van der Waals surface area contributed by atoms with E-state index in [1.807, 2.05) is 70.4 Å². The fourth-order valence-electron chi connectivity index (χ4n) is 8.87. The first-order valence-corrected chi connectivity index (χ1v) is 20.7. The molecular formula is C45H56N8O7. The highest BCUT2D eigenvalue weighted by molar-refractivity contribution is 6.02. The third kappa shape index (κ3) is 7.61. The molecule has 5 heterocycles. The van der Waals surface area contributed by atoms with Gasteiger partial charge in [0.25, 0.3) is 0 Å². The lowest BCUT2D eigenvalue weighted by Gasteiger charge is -2.37. The van der Waals surface area contributed by atoms with Crippen molar-refractivity contribution in [1.29, 1.82) is 0 Å². The third-order valence-corrected chi connectivity index (χ3v) is 12.4. The Morgan fingerprint density at radius 2 is 1.18 bits per heavy atom. The van der Waals surface area contributed by atoms with Gasteiger partial charge < -0.3 is 44.3 Å². The molecule has 0 aliphatic carbocycles. The molecule has 4 N–H and O–H groups in total. The lowest BCUT2D eigenvalue weighted by molar-refractivity contribution is -0.139. The van der Waals surface area contributed by atoms with Crippen LogP contribution in [-0.4, -0.2) is 93.1 Å². The molecule has 318 valence electrons. The van der Waals surface area contributed by atoms with Gasteiger partial charge in [-0.1, -0.05) is 58.0 Å². The molecule has 4 atom stereocenters. The first-order valence-electron chi connectivity index (χ1n) is 20.7. The van der Waals surface area contributed by atoms with Crippen molar-refractivity contribution in [3.05, 3.63) is 72.3 Å². The summed E-state index contributed by atoms with van der Waals surface area (Å²) < 4.78 is 15.9. The van der Waals surface area contributed by atoms with Gasteiger partial charge in [-0.05, 0) is 87.1 Å². The molecule has 2 aliphatic heterocycles. The number of aromatic nitrogens is 4. The Labute approximate surface area is 350 Å². The van der Waals surface area contributed by atoms with E-state index >= 15 is 0 Å². The molecule has 0 unspecified atom stereocenters. The normalized spacial score (nSPS) is 20.2. The molecule has 0 bridgehead atoms. The fourth-order valence-corrected chi connectivity index (χ4v) is 8.87. The minimum atomic E-state index is -0.737. The largest absolute Gasteiger partial charge is 0.461 e. The zero-order chi connectivity index (χ0) is 43.1. The standard InChI is InChI=1S/C45H56N8O7/c1-25(2)35(50-42(56)58-8)38(54)52-20-10-18-44(52,6)40-46-23-33(48-40)29-14-12-28(13-15-29)30-16-17-31(37-32(30)22-27(5)60-37)34-24-47-41(49-34)45(7)19-11-21-53(45)39(55)36(26(3)4)51-43(57)59-9/h12-17,22-26,35-36H,10-11,18-21H2,1-9H3,(H,46,48)(H,47,49)(H,50,56)(H,51,57)/t35-,36-,44-,45-/m0/s1. The number of nitrogens with zero attached hydrogens (tertiary/aromatic N) is 4. The maximum atomic E-state index is 13.9. The van der Waals surface area contributed by atoms with Crippen LogP contribution in [0, 0.1) is 18.8 Å². The van der Waals surface area contributed by atoms with E-state index in [-0.39, 0.29) is 23.7 Å². The summed E-state index contributed by atoms with van der Waals surface area (Å²) in [7, 11) is 2.58. The lowest BCUT2D eigenvalue weighted by Crippen LogP contribution is -2.55. The summed E-state index contributed by atoms with van der Waals surface area (Å²) in [5.41, 5.74) is 4.75. The van der Waals surface area contributed by atoms with Crippen LogP contribution in [0.3, 0.4) is 0 Å². The molecule has 15 heteroatoms. The Morgan fingerprint density at radius 1 is 0.717 bits per heavy atom. The monoisotopic (exact) mass is 820 g/mol. The summed E-state index contributed by atoms with van der Waals surface area (Å²) in [6, 6.07) is 12.9. The number of methoxy groups -OCH3 is 2. The highest BCUT2D eigenvalue weighted by Crippen LogP contribution is 2.42. The molecule has 3 aromatic heterocycles. The number of nitrogens with one attached hydrogen (secondary N) is 4. The van der Waals surface area contributed by atoms with Crippen molar-refractivity contribution in [3.63, 3.8) is 0 Å². The number of amides is 4. The quantitative estimate of drug-likeness (QED) is 0.104. The average Bonchev–Trinajstić information content (AvgIpc) is 4.08. The van der Waals surface area contributed by atoms with Crippen LogP contribution in [0.4, 0.5) is 9.59 Å². The van der Waals surface area contributed by atoms with Gasteiger partial charge >= 0.3 is 12.2 Å². The van der Waals surface area contributed by atoms with Crippen molar-refractivity contribution >= 4 is 35.0 Å². The number of fused-ring (bicyclic) bond motifs is 1. The number of hydrogen-bond donors (Lipinski definition) is 4. The van der Waals surface area contributed by atoms with Crippen LogP contribution < -0.4 is 10.6 Å². The molecular weight excluding hydrogens is 765 g/mol. The van der Waals surface area contributed by atoms with Crippen LogP contribution in [0.2, 0.25) is 0 Å². The summed E-state index contributed by atoms with van der Waals surface area (Å²) in [4.78, 5) is 72.2. The molecule has 2 fully saturated rings. The number of likely N-dealkylation sites (tertiary alicyclic amines) is 2. The molecule has 60 heavy (non-hydrogen) atoms. The summed E-state index contributed by atoms with van der Waals surface area (Å²) >= 11 is 0. The van der Waals surface area contributed by atoms with Gasteiger partial charge in [0.05, 0.1) is 49.1 Å². The lowest BCUT2D eigenvalue weighted by atomic mass is 9.95. The van der Waals surface area contributed by atoms with Crippen LogP contribution in [0.5, 0.6) is 0 Å². The van der Waals surface area contributed by atoms with Crippen molar-refractivity contribution in [2.45, 2.75) is 97.3 Å². The second kappa shape index (κ2) is 16.5. The number of hydrogen-bond acceptors (Lipinski definition) is 9. The fraction of sp³-hybridized carbons (Fsp3) is 0.467. The Bertz CT molecular complexity index is 2400. The predicted molar refractivity (Wildman–Crippen MR) is 226 cm³/mol. The van der Waals surface area contributed by atoms with Gasteiger partial charge in [-0.3, -0.25) is 9.59 Å². The zero-order valence-corrected chi connectivity index (χ0v) is 35.9. The van der Waals surface area contributed by atoms with Crippen LogP contribution >= 0.6 is 0 Å². The Balaban J connectivity index is 1.12. The van der Waals surface area contributed by atoms with E-state index in [4.69, 9.17) is 23.9 Å². The van der Waals surface area contributed by atoms with E-state index in [0.717, 1.165) is 69.6 Å². The highest BCUT2D eigenvalue weighted by Gasteiger charge is 2.47. The van der Waals surface area contributed by atoms with E-state index in [0.29, 0.717) is 31.2 Å². The Kier molecular flexibility index (Phi) is 11.6. The average molecular weight is 821 g/mol. The predicted octanol–water partition coefficient (Wildman–Crippen LogP) is 7.62. The summed E-state index contributed by atoms with van der Waals surface area (Å²) in [5, 5.41) is 6.39. The van der Waals surface area contributed by atoms with Crippen molar-refractivity contribution in [2.24, 2.45) is 11.8 Å². The Morgan fingerprint density at radius 3 is 1.68 bits per heavy atom. The first kappa shape index (κ1) is 42.0. The number of carbonyl (C=O) groups is 4. The number of H-pyrrole nitrogens is 2. The van der Waals surface area contributed by atoms with Crippen LogP contribution in [0.1, 0.15) is 84.6 Å². The second-order valence-electron chi connectivity index (χ2n) is 17.1. The molecule has 2 aromatic carbocycles. The minimum Gasteiger partial charge on any atom is -0.461 e. The number of benzene rings is 2. The number of aryl methyl sites for hydroxylation is 1. The summed E-state index contributed by atoms with van der Waals surface area (Å²) in [6.07, 6.45) is 5.37. The van der Waals surface area contributed by atoms with E-state index in [9.17, 15) is 19.2 Å². The van der Waals surface area contributed by atoms with Crippen molar-refractivity contribution in [2.75, 3.05) is 27.3 Å². The van der Waals surface area contributed by atoms with Gasteiger partial charge in [0.15, 0.2) is 0 Å². The molecule has 15 nitrogen and oxygen atoms in total. The van der Waals surface area contributed by atoms with E-state index in [2.05, 4.69) is 50.9 Å². The van der Waals surface area contributed by atoms with Crippen molar-refractivity contribution in [1.82, 2.24) is 40.4 Å². The number of aromatic amines is 2. The number of carbonyl (C=O) groups excluding carboxylic acids is 4. The van der Waals surface area contributed by atoms with Crippen LogP contribution in [0.15, 0.2) is 59.3 Å². The smallest absolute Gasteiger partial charge is 0.407 e. The maximum absolute atomic E-state index is 13.9. The SMILES string of the molecule is COC(=O)N[C@H](C(=O)N1CCC[C@@]1(C)c1ncc(-c2ccc(-c3ccc(-c4cnc([C@]5(C)CCCN5C(=O)[C@@H](NC(=O)OC)C(C)C)[nH]4)c4oc(C)cc34)cc2)[nH]1)C(C)C. The van der Waals surface area contributed by atoms with Crippen LogP contribution in [0.25, 0.3) is 44.6 Å². The van der Waals surface area contributed by atoms with Gasteiger partial charge in [0.1, 0.15) is 35.1 Å². The number of ether oxygens (including phenoxy) is 2. The van der Waals surface area contributed by atoms with Crippen molar-refractivity contribution in [3.8, 4) is 33.6 Å².